The molecule has 0 amide bonds. The molecule has 2 unspecified atom stereocenters. The van der Waals surface area contributed by atoms with Crippen molar-refractivity contribution in [2.24, 2.45) is 0 Å². The lowest BCUT2D eigenvalue weighted by Gasteiger charge is -2.40. The molecule has 1 saturated heterocycles. The number of likely N-dealkylation sites (N-methyl/N-ethyl adjacent to an activating group) is 1. The third-order valence-corrected chi connectivity index (χ3v) is 3.60. The van der Waals surface area contributed by atoms with Crippen LogP contribution in [0.3, 0.4) is 0 Å². The highest BCUT2D eigenvalue weighted by atomic mass is 15.3. The predicted octanol–water partition coefficient (Wildman–Crippen LogP) is 0.904. The zero-order chi connectivity index (χ0) is 12.9. The number of hydrogen-bond donors (Lipinski definition) is 1. The lowest BCUT2D eigenvalue weighted by molar-refractivity contribution is 0.0906. The first-order valence-corrected chi connectivity index (χ1v) is 6.59. The summed E-state index contributed by atoms with van der Waals surface area (Å²) < 4.78 is 0. The van der Waals surface area contributed by atoms with Crippen molar-refractivity contribution >= 4 is 0 Å². The van der Waals surface area contributed by atoms with Crippen LogP contribution in [-0.2, 0) is 0 Å². The van der Waals surface area contributed by atoms with Crippen LogP contribution >= 0.6 is 0 Å². The minimum absolute atomic E-state index is 0.411. The van der Waals surface area contributed by atoms with E-state index in [9.17, 15) is 5.26 Å². The molecule has 4 nitrogen and oxygen atoms in total. The Kier molecular flexibility index (Phi) is 5.38. The molecule has 4 heteroatoms. The molecular formula is C13H26N4. The van der Waals surface area contributed by atoms with Gasteiger partial charge >= 0.3 is 0 Å². The summed E-state index contributed by atoms with van der Waals surface area (Å²) in [6.07, 6.45) is 1.07. The Labute approximate surface area is 106 Å². The van der Waals surface area contributed by atoms with Gasteiger partial charge in [-0.2, -0.15) is 5.26 Å². The Morgan fingerprint density at radius 1 is 1.47 bits per heavy atom. The number of nitrogens with one attached hydrogen (secondary N) is 1. The maximum absolute atomic E-state index is 9.31. The van der Waals surface area contributed by atoms with Gasteiger partial charge in [-0.15, -0.1) is 0 Å². The fourth-order valence-electron chi connectivity index (χ4n) is 2.25. The smallest absolute Gasteiger partial charge is 0.116 e. The number of rotatable bonds is 5. The van der Waals surface area contributed by atoms with Crippen LogP contribution in [0, 0.1) is 11.3 Å². The maximum atomic E-state index is 9.31. The molecule has 1 N–H and O–H groups in total. The first-order chi connectivity index (χ1) is 8.00. The zero-order valence-corrected chi connectivity index (χ0v) is 11.7. The van der Waals surface area contributed by atoms with Gasteiger partial charge in [0.25, 0.3) is 0 Å². The molecule has 0 aliphatic carbocycles. The highest BCUT2D eigenvalue weighted by Gasteiger charge is 2.29. The highest BCUT2D eigenvalue weighted by Crippen LogP contribution is 2.12. The summed E-state index contributed by atoms with van der Waals surface area (Å²) in [5, 5.41) is 12.7. The van der Waals surface area contributed by atoms with E-state index in [1.165, 1.54) is 0 Å². The second-order valence-electron chi connectivity index (χ2n) is 5.44. The first kappa shape index (κ1) is 14.4. The summed E-state index contributed by atoms with van der Waals surface area (Å²) in [6.45, 7) is 11.3. The van der Waals surface area contributed by atoms with Crippen molar-refractivity contribution in [3.8, 4) is 6.07 Å². The minimum Gasteiger partial charge on any atom is -0.301 e. The van der Waals surface area contributed by atoms with Crippen LogP contribution in [-0.4, -0.2) is 61.2 Å². The van der Waals surface area contributed by atoms with Gasteiger partial charge in [0.15, 0.2) is 0 Å². The van der Waals surface area contributed by atoms with Gasteiger partial charge in [0.05, 0.1) is 6.07 Å². The molecule has 2 atom stereocenters. The van der Waals surface area contributed by atoms with Gasteiger partial charge < -0.3 is 4.90 Å². The van der Waals surface area contributed by atoms with Crippen LogP contribution in [0.25, 0.3) is 0 Å². The van der Waals surface area contributed by atoms with Crippen molar-refractivity contribution in [2.75, 3.05) is 39.8 Å². The molecule has 98 valence electrons. The molecule has 0 spiro atoms. The first-order valence-electron chi connectivity index (χ1n) is 6.59. The van der Waals surface area contributed by atoms with Crippen LogP contribution < -0.4 is 5.32 Å². The van der Waals surface area contributed by atoms with E-state index in [2.05, 4.69) is 42.1 Å². The molecule has 0 aromatic carbocycles. The second-order valence-corrected chi connectivity index (χ2v) is 5.44. The van der Waals surface area contributed by atoms with Crippen LogP contribution in [0.4, 0.5) is 0 Å². The van der Waals surface area contributed by atoms with E-state index in [-0.39, 0.29) is 0 Å². The van der Waals surface area contributed by atoms with E-state index in [0.29, 0.717) is 6.04 Å². The molecular weight excluding hydrogens is 212 g/mol. The standard InChI is InChI=1S/C13H26N4/c1-5-6-15-13(3,10-14)11-17-8-7-16(4)12(2)9-17/h12,15H,5-9,11H2,1-4H3. The number of nitrogens with zero attached hydrogens (tertiary/aromatic N) is 3. The largest absolute Gasteiger partial charge is 0.301 e. The summed E-state index contributed by atoms with van der Waals surface area (Å²) in [5.74, 6) is 0. The van der Waals surface area contributed by atoms with Gasteiger partial charge in [0.1, 0.15) is 5.54 Å². The summed E-state index contributed by atoms with van der Waals surface area (Å²) in [4.78, 5) is 4.77. The molecule has 1 rings (SSSR count). The topological polar surface area (TPSA) is 42.3 Å². The van der Waals surface area contributed by atoms with Crippen LogP contribution in [0.15, 0.2) is 0 Å². The average Bonchev–Trinajstić information content (AvgIpc) is 2.31. The average molecular weight is 238 g/mol. The van der Waals surface area contributed by atoms with Gasteiger partial charge in [0.2, 0.25) is 0 Å². The molecule has 1 fully saturated rings. The molecule has 0 aromatic rings. The fraction of sp³-hybridized carbons (Fsp3) is 0.923. The summed E-state index contributed by atoms with van der Waals surface area (Å²) in [6, 6.07) is 3.00. The highest BCUT2D eigenvalue weighted by molar-refractivity contribution is 5.06. The van der Waals surface area contributed by atoms with Gasteiger partial charge in [0, 0.05) is 32.2 Å². The number of hydrogen-bond acceptors (Lipinski definition) is 4. The molecule has 0 aromatic heterocycles. The molecule has 1 aliphatic rings. The van der Waals surface area contributed by atoms with Crippen LogP contribution in [0.1, 0.15) is 27.2 Å². The molecule has 0 bridgehead atoms. The van der Waals surface area contributed by atoms with E-state index in [4.69, 9.17) is 0 Å². The Hall–Kier alpha value is -0.630. The molecule has 0 radical (unpaired) electrons. The monoisotopic (exact) mass is 238 g/mol. The Balaban J connectivity index is 2.49. The molecule has 17 heavy (non-hydrogen) atoms. The lowest BCUT2D eigenvalue weighted by Crippen LogP contribution is -2.57. The third-order valence-electron chi connectivity index (χ3n) is 3.60. The van der Waals surface area contributed by atoms with Crippen molar-refractivity contribution in [2.45, 2.75) is 38.8 Å². The lowest BCUT2D eigenvalue weighted by atomic mass is 10.0. The van der Waals surface area contributed by atoms with Crippen molar-refractivity contribution in [3.63, 3.8) is 0 Å². The maximum Gasteiger partial charge on any atom is 0.116 e. The van der Waals surface area contributed by atoms with Crippen molar-refractivity contribution in [3.05, 3.63) is 0 Å². The predicted molar refractivity (Wildman–Crippen MR) is 70.8 cm³/mol. The van der Waals surface area contributed by atoms with Crippen LogP contribution in [0.2, 0.25) is 0 Å². The minimum atomic E-state index is -0.411. The third kappa shape index (κ3) is 4.27. The quantitative estimate of drug-likeness (QED) is 0.773. The molecule has 1 aliphatic heterocycles. The van der Waals surface area contributed by atoms with E-state index in [1.807, 2.05) is 6.92 Å². The number of nitriles is 1. The van der Waals surface area contributed by atoms with Gasteiger partial charge in [-0.05, 0) is 33.9 Å². The second kappa shape index (κ2) is 6.34. The molecule has 0 saturated carbocycles. The van der Waals surface area contributed by atoms with Crippen molar-refractivity contribution < 1.29 is 0 Å². The normalized spacial score (nSPS) is 26.4. The molecule has 1 heterocycles. The van der Waals surface area contributed by atoms with Crippen molar-refractivity contribution in [1.29, 1.82) is 5.26 Å². The van der Waals surface area contributed by atoms with E-state index < -0.39 is 5.54 Å². The summed E-state index contributed by atoms with van der Waals surface area (Å²) in [5.41, 5.74) is -0.411. The summed E-state index contributed by atoms with van der Waals surface area (Å²) in [7, 11) is 2.17. The van der Waals surface area contributed by atoms with E-state index in [0.717, 1.165) is 39.1 Å². The summed E-state index contributed by atoms with van der Waals surface area (Å²) >= 11 is 0. The Morgan fingerprint density at radius 3 is 2.71 bits per heavy atom. The van der Waals surface area contributed by atoms with Crippen LogP contribution in [0.5, 0.6) is 0 Å². The van der Waals surface area contributed by atoms with E-state index >= 15 is 0 Å². The van der Waals surface area contributed by atoms with Crippen molar-refractivity contribution in [1.82, 2.24) is 15.1 Å². The van der Waals surface area contributed by atoms with Gasteiger partial charge in [-0.3, -0.25) is 10.2 Å². The SMILES string of the molecule is CCCNC(C)(C#N)CN1CCN(C)C(C)C1. The fourth-order valence-corrected chi connectivity index (χ4v) is 2.25. The Bertz CT molecular complexity index is 273. The number of piperazine rings is 1. The van der Waals surface area contributed by atoms with Gasteiger partial charge in [-0.25, -0.2) is 0 Å². The van der Waals surface area contributed by atoms with Gasteiger partial charge in [-0.1, -0.05) is 6.92 Å². The zero-order valence-electron chi connectivity index (χ0n) is 11.7. The Morgan fingerprint density at radius 2 is 2.18 bits per heavy atom. The van der Waals surface area contributed by atoms with E-state index in [1.54, 1.807) is 0 Å².